The molecular formula is C28H35N3O5. The largest absolute Gasteiger partial charge is 0.497 e. The van der Waals surface area contributed by atoms with Crippen molar-refractivity contribution >= 4 is 11.8 Å². The number of nitrogens with one attached hydrogen (secondary N) is 2. The number of amides is 2. The molecule has 0 fully saturated rings. The monoisotopic (exact) mass is 493 g/mol. The lowest BCUT2D eigenvalue weighted by Gasteiger charge is -2.29. The Morgan fingerprint density at radius 3 is 2.75 bits per heavy atom. The molecule has 5 atom stereocenters. The quantitative estimate of drug-likeness (QED) is 0.381. The second kappa shape index (κ2) is 12.2. The van der Waals surface area contributed by atoms with Crippen LogP contribution in [-0.4, -0.2) is 55.4 Å². The number of ether oxygens (including phenoxy) is 2. The normalized spacial score (nSPS) is 28.1. The lowest BCUT2D eigenvalue weighted by Crippen LogP contribution is -2.52. The molecule has 8 heteroatoms. The number of allylic oxidation sites excluding steroid dienone is 1. The molecule has 0 unspecified atom stereocenters. The van der Waals surface area contributed by atoms with Gasteiger partial charge in [-0.15, -0.1) is 0 Å². The van der Waals surface area contributed by atoms with Crippen molar-refractivity contribution < 1.29 is 24.2 Å². The molecule has 8 nitrogen and oxygen atoms in total. The van der Waals surface area contributed by atoms with E-state index in [0.29, 0.717) is 25.9 Å². The molecule has 4 rings (SSSR count). The van der Waals surface area contributed by atoms with E-state index >= 15 is 0 Å². The number of hydrogen-bond acceptors (Lipinski definition) is 6. The van der Waals surface area contributed by atoms with Crippen molar-refractivity contribution in [2.24, 2.45) is 11.7 Å². The van der Waals surface area contributed by atoms with Gasteiger partial charge < -0.3 is 30.9 Å². The zero-order valence-electron chi connectivity index (χ0n) is 20.6. The van der Waals surface area contributed by atoms with Gasteiger partial charge in [0, 0.05) is 13.0 Å². The summed E-state index contributed by atoms with van der Waals surface area (Å²) in [4.78, 5) is 25.1. The molecule has 0 spiro atoms. The standard InChI is InChI=1S/C28H35N3O5/c1-35-20-12-11-19-15-25-26(22(19)16-20)30-17-24(32)23(14-18-8-4-2-5-9-18)31-28(34)21(27(29)33)10-6-3-7-13-36-25/h2-5,7-9,11-12,16,21,23-26,30,32H,6,10,13-15,17H2,1H3,(H2,29,33)(H,31,34)/b7-3+/t21-,23-,24+,25-,26+/m0/s1. The number of aliphatic hydroxyl groups excluding tert-OH is 1. The van der Waals surface area contributed by atoms with Gasteiger partial charge >= 0.3 is 0 Å². The van der Waals surface area contributed by atoms with Crippen molar-refractivity contribution in [2.75, 3.05) is 20.3 Å². The highest BCUT2D eigenvalue weighted by Crippen LogP contribution is 2.36. The summed E-state index contributed by atoms with van der Waals surface area (Å²) >= 11 is 0. The number of carbonyl (C=O) groups excluding carboxylic acids is 2. The summed E-state index contributed by atoms with van der Waals surface area (Å²) in [6.07, 6.45) is 4.75. The summed E-state index contributed by atoms with van der Waals surface area (Å²) in [7, 11) is 1.64. The number of aliphatic hydroxyl groups is 1. The van der Waals surface area contributed by atoms with Crippen molar-refractivity contribution in [1.29, 1.82) is 0 Å². The van der Waals surface area contributed by atoms with Crippen molar-refractivity contribution in [3.05, 3.63) is 77.4 Å². The first kappa shape index (κ1) is 25.9. The summed E-state index contributed by atoms with van der Waals surface area (Å²) in [5, 5.41) is 17.6. The first-order chi connectivity index (χ1) is 17.5. The molecular weight excluding hydrogens is 458 g/mol. The third-order valence-corrected chi connectivity index (χ3v) is 6.97. The predicted octanol–water partition coefficient (Wildman–Crippen LogP) is 1.81. The first-order valence-corrected chi connectivity index (χ1v) is 12.4. The van der Waals surface area contributed by atoms with Gasteiger partial charge in [0.15, 0.2) is 0 Å². The Bertz CT molecular complexity index is 1070. The molecule has 5 N–H and O–H groups in total. The summed E-state index contributed by atoms with van der Waals surface area (Å²) in [5.74, 6) is -1.35. The highest BCUT2D eigenvalue weighted by atomic mass is 16.5. The Morgan fingerprint density at radius 2 is 2.00 bits per heavy atom. The molecule has 0 radical (unpaired) electrons. The van der Waals surface area contributed by atoms with Gasteiger partial charge in [-0.3, -0.25) is 9.59 Å². The number of rotatable bonds is 4. The van der Waals surface area contributed by atoms with Crippen molar-refractivity contribution in [3.8, 4) is 5.75 Å². The molecule has 0 saturated heterocycles. The van der Waals surface area contributed by atoms with Crippen LogP contribution in [0.2, 0.25) is 0 Å². The topological polar surface area (TPSA) is 123 Å². The van der Waals surface area contributed by atoms with E-state index in [-0.39, 0.29) is 18.7 Å². The smallest absolute Gasteiger partial charge is 0.232 e. The Kier molecular flexibility index (Phi) is 8.74. The maximum Gasteiger partial charge on any atom is 0.232 e. The van der Waals surface area contributed by atoms with Crippen LogP contribution in [0.15, 0.2) is 60.7 Å². The molecule has 192 valence electrons. The van der Waals surface area contributed by atoms with E-state index in [2.05, 4.69) is 16.7 Å². The summed E-state index contributed by atoms with van der Waals surface area (Å²) in [5.41, 5.74) is 8.77. The number of primary amides is 1. The predicted molar refractivity (Wildman–Crippen MR) is 136 cm³/mol. The molecule has 2 aromatic rings. The molecule has 1 heterocycles. The fraction of sp³-hybridized carbons (Fsp3) is 0.429. The number of β-amino-alcohol motifs (C(OH)–C–C–N with tert-alkyl or cyclic N) is 1. The molecule has 0 aromatic heterocycles. The molecule has 2 amide bonds. The first-order valence-electron chi connectivity index (χ1n) is 12.4. The highest BCUT2D eigenvalue weighted by Gasteiger charge is 2.35. The maximum atomic E-state index is 13.1. The van der Waals surface area contributed by atoms with Crippen molar-refractivity contribution in [1.82, 2.24) is 10.6 Å². The van der Waals surface area contributed by atoms with Crippen LogP contribution < -0.4 is 21.1 Å². The average molecular weight is 494 g/mol. The van der Waals surface area contributed by atoms with Crippen molar-refractivity contribution in [3.63, 3.8) is 0 Å². The van der Waals surface area contributed by atoms with E-state index in [4.69, 9.17) is 15.2 Å². The van der Waals surface area contributed by atoms with Crippen LogP contribution in [0, 0.1) is 5.92 Å². The zero-order chi connectivity index (χ0) is 25.5. The summed E-state index contributed by atoms with van der Waals surface area (Å²) in [6.45, 7) is 0.622. The van der Waals surface area contributed by atoms with Crippen LogP contribution in [0.1, 0.15) is 35.6 Å². The molecule has 0 saturated carbocycles. The zero-order valence-corrected chi connectivity index (χ0v) is 20.6. The van der Waals surface area contributed by atoms with Crippen LogP contribution in [0.25, 0.3) is 0 Å². The minimum Gasteiger partial charge on any atom is -0.497 e. The van der Waals surface area contributed by atoms with E-state index in [9.17, 15) is 14.7 Å². The van der Waals surface area contributed by atoms with E-state index < -0.39 is 29.9 Å². The van der Waals surface area contributed by atoms with Gasteiger partial charge in [-0.1, -0.05) is 48.6 Å². The van der Waals surface area contributed by atoms with Crippen LogP contribution >= 0.6 is 0 Å². The molecule has 2 aliphatic rings. The second-order valence-electron chi connectivity index (χ2n) is 9.40. The molecule has 1 aliphatic carbocycles. The Labute approximate surface area is 211 Å². The van der Waals surface area contributed by atoms with Crippen LogP contribution in [0.5, 0.6) is 5.75 Å². The fourth-order valence-corrected chi connectivity index (χ4v) is 4.96. The third kappa shape index (κ3) is 6.32. The van der Waals surface area contributed by atoms with Gasteiger partial charge in [0.05, 0.1) is 38.0 Å². The van der Waals surface area contributed by atoms with E-state index in [1.54, 1.807) is 7.11 Å². The number of fused-ring (bicyclic) bond motifs is 3. The van der Waals surface area contributed by atoms with Crippen LogP contribution in [0.3, 0.4) is 0 Å². The fourth-order valence-electron chi connectivity index (χ4n) is 4.96. The SMILES string of the molecule is COc1ccc2c(c1)[C@H]1NC[C@@H](O)[C@H](Cc3ccccc3)NC(=O)[C@H](C(N)=O)CC/C=C/CO[C@H]1C2. The number of carbonyl (C=O) groups is 2. The van der Waals surface area contributed by atoms with E-state index in [1.165, 1.54) is 5.56 Å². The molecule has 0 bridgehead atoms. The highest BCUT2D eigenvalue weighted by molar-refractivity contribution is 5.99. The van der Waals surface area contributed by atoms with E-state index in [0.717, 1.165) is 23.3 Å². The average Bonchev–Trinajstić information content (AvgIpc) is 3.22. The minimum absolute atomic E-state index is 0.116. The molecule has 2 aromatic carbocycles. The number of methoxy groups -OCH3 is 1. The second-order valence-corrected chi connectivity index (χ2v) is 9.40. The third-order valence-electron chi connectivity index (χ3n) is 6.97. The molecule has 36 heavy (non-hydrogen) atoms. The summed E-state index contributed by atoms with van der Waals surface area (Å²) in [6, 6.07) is 14.9. The van der Waals surface area contributed by atoms with Gasteiger partial charge in [0.2, 0.25) is 11.8 Å². The number of hydrogen-bond donors (Lipinski definition) is 4. The lowest BCUT2D eigenvalue weighted by atomic mass is 9.97. The van der Waals surface area contributed by atoms with Gasteiger partial charge in [-0.25, -0.2) is 0 Å². The Morgan fingerprint density at radius 1 is 1.19 bits per heavy atom. The van der Waals surface area contributed by atoms with Crippen molar-refractivity contribution in [2.45, 2.75) is 50.0 Å². The van der Waals surface area contributed by atoms with Gasteiger partial charge in [0.1, 0.15) is 11.7 Å². The molecule has 1 aliphatic heterocycles. The Hall–Kier alpha value is -3.20. The number of benzene rings is 2. The summed E-state index contributed by atoms with van der Waals surface area (Å²) < 4.78 is 11.6. The van der Waals surface area contributed by atoms with Gasteiger partial charge in [-0.05, 0) is 48.1 Å². The van der Waals surface area contributed by atoms with Crippen LogP contribution in [-0.2, 0) is 27.2 Å². The Balaban J connectivity index is 1.60. The van der Waals surface area contributed by atoms with Crippen LogP contribution in [0.4, 0.5) is 0 Å². The maximum absolute atomic E-state index is 13.1. The number of nitrogens with two attached hydrogens (primary N) is 1. The van der Waals surface area contributed by atoms with Gasteiger partial charge in [-0.2, -0.15) is 0 Å². The lowest BCUT2D eigenvalue weighted by molar-refractivity contribution is -0.134. The van der Waals surface area contributed by atoms with Gasteiger partial charge in [0.25, 0.3) is 0 Å². The minimum atomic E-state index is -0.974. The van der Waals surface area contributed by atoms with E-state index in [1.807, 2.05) is 54.6 Å².